The van der Waals surface area contributed by atoms with Gasteiger partial charge in [0.1, 0.15) is 0 Å². The Bertz CT molecular complexity index is 462. The molecule has 0 unspecified atom stereocenters. The van der Waals surface area contributed by atoms with E-state index in [1.165, 1.54) is 24.0 Å². The highest BCUT2D eigenvalue weighted by Crippen LogP contribution is 2.27. The van der Waals surface area contributed by atoms with Gasteiger partial charge in [0, 0.05) is 19.6 Å². The van der Waals surface area contributed by atoms with Gasteiger partial charge >= 0.3 is 0 Å². The molecule has 1 saturated carbocycles. The van der Waals surface area contributed by atoms with E-state index in [9.17, 15) is 5.11 Å². The van der Waals surface area contributed by atoms with Gasteiger partial charge in [0.2, 0.25) is 0 Å². The molecule has 0 spiro atoms. The second-order valence-corrected chi connectivity index (χ2v) is 6.69. The van der Waals surface area contributed by atoms with Crippen LogP contribution in [0.5, 0.6) is 0 Å². The smallest absolute Gasteiger partial charge is 0.0900 e. The van der Waals surface area contributed by atoms with Gasteiger partial charge in [-0.15, -0.1) is 0 Å². The Morgan fingerprint density at radius 1 is 1.29 bits per heavy atom. The third-order valence-electron chi connectivity index (χ3n) is 4.96. The minimum Gasteiger partial charge on any atom is -0.389 e. The number of aliphatic hydroxyl groups is 1. The Morgan fingerprint density at radius 2 is 2.10 bits per heavy atom. The van der Waals surface area contributed by atoms with E-state index in [1.54, 1.807) is 0 Å². The van der Waals surface area contributed by atoms with Gasteiger partial charge in [-0.05, 0) is 36.3 Å². The lowest BCUT2D eigenvalue weighted by atomic mass is 10.00. The summed E-state index contributed by atoms with van der Waals surface area (Å²) in [6.45, 7) is 5.44. The average Bonchev–Trinajstić information content (AvgIpc) is 2.90. The topological polar surface area (TPSA) is 32.7 Å². The molecule has 116 valence electrons. The highest BCUT2D eigenvalue weighted by molar-refractivity contribution is 5.29. The van der Waals surface area contributed by atoms with E-state index < -0.39 is 0 Å². The molecule has 3 rings (SSSR count). The van der Waals surface area contributed by atoms with Crippen molar-refractivity contribution in [3.63, 3.8) is 0 Å². The van der Waals surface area contributed by atoms with Gasteiger partial charge in [-0.3, -0.25) is 4.90 Å². The maximum atomic E-state index is 10.2. The highest BCUT2D eigenvalue weighted by atomic mass is 16.5. The van der Waals surface area contributed by atoms with Crippen LogP contribution in [0.25, 0.3) is 0 Å². The lowest BCUT2D eigenvalue weighted by molar-refractivity contribution is -0.0329. The molecule has 21 heavy (non-hydrogen) atoms. The van der Waals surface area contributed by atoms with Gasteiger partial charge in [0.05, 0.1) is 18.8 Å². The van der Waals surface area contributed by atoms with Crippen molar-refractivity contribution in [2.75, 3.05) is 19.7 Å². The fraction of sp³-hybridized carbons (Fsp3) is 0.667. The molecule has 1 aliphatic heterocycles. The van der Waals surface area contributed by atoms with Crippen molar-refractivity contribution in [2.24, 2.45) is 5.92 Å². The summed E-state index contributed by atoms with van der Waals surface area (Å²) in [5, 5.41) is 10.2. The first-order valence-corrected chi connectivity index (χ1v) is 8.31. The molecule has 1 fully saturated rings. The normalized spacial score (nSPS) is 27.5. The van der Waals surface area contributed by atoms with Crippen LogP contribution >= 0.6 is 0 Å². The zero-order chi connectivity index (χ0) is 14.7. The molecule has 3 atom stereocenters. The molecule has 1 aromatic rings. The molecule has 3 nitrogen and oxygen atoms in total. The van der Waals surface area contributed by atoms with Crippen molar-refractivity contribution in [3.05, 3.63) is 35.4 Å². The number of ether oxygens (including phenoxy) is 1. The standard InChI is InChI=1S/C18H27NO2/c1-14-5-4-8-18(14)21-13-17(20)12-19-10-9-15-6-2-3-7-16(15)11-19/h2-3,6-7,14,17-18,20H,4-5,8-13H2,1H3/t14-,17+,18-/m0/s1. The van der Waals surface area contributed by atoms with Crippen LogP contribution in [-0.4, -0.2) is 41.9 Å². The van der Waals surface area contributed by atoms with Crippen LogP contribution in [-0.2, 0) is 17.7 Å². The molecule has 0 aromatic heterocycles. The Hall–Kier alpha value is -0.900. The average molecular weight is 289 g/mol. The van der Waals surface area contributed by atoms with Crippen LogP contribution in [0.4, 0.5) is 0 Å². The van der Waals surface area contributed by atoms with Crippen LogP contribution in [0.15, 0.2) is 24.3 Å². The first-order valence-electron chi connectivity index (χ1n) is 8.31. The lowest BCUT2D eigenvalue weighted by Crippen LogP contribution is -2.39. The molecule has 1 aromatic carbocycles. The summed E-state index contributed by atoms with van der Waals surface area (Å²) >= 11 is 0. The number of nitrogens with zero attached hydrogens (tertiary/aromatic N) is 1. The SMILES string of the molecule is C[C@H]1CCC[C@@H]1OC[C@H](O)CN1CCc2ccccc2C1. The van der Waals surface area contributed by atoms with Crippen LogP contribution in [0, 0.1) is 5.92 Å². The Labute approximate surface area is 127 Å². The molecular weight excluding hydrogens is 262 g/mol. The molecule has 0 saturated heterocycles. The highest BCUT2D eigenvalue weighted by Gasteiger charge is 2.25. The summed E-state index contributed by atoms with van der Waals surface area (Å²) in [6, 6.07) is 8.63. The van der Waals surface area contributed by atoms with Crippen LogP contribution < -0.4 is 0 Å². The summed E-state index contributed by atoms with van der Waals surface area (Å²) in [5.74, 6) is 0.652. The lowest BCUT2D eigenvalue weighted by Gasteiger charge is -2.30. The molecular formula is C18H27NO2. The van der Waals surface area contributed by atoms with Crippen molar-refractivity contribution < 1.29 is 9.84 Å². The van der Waals surface area contributed by atoms with Gasteiger partial charge in [-0.2, -0.15) is 0 Å². The van der Waals surface area contributed by atoms with E-state index in [1.807, 2.05) is 0 Å². The second-order valence-electron chi connectivity index (χ2n) is 6.69. The zero-order valence-corrected chi connectivity index (χ0v) is 13.0. The molecule has 1 aliphatic carbocycles. The van der Waals surface area contributed by atoms with Gasteiger partial charge < -0.3 is 9.84 Å². The number of fused-ring (bicyclic) bond motifs is 1. The van der Waals surface area contributed by atoms with Crippen LogP contribution in [0.1, 0.15) is 37.3 Å². The third-order valence-corrected chi connectivity index (χ3v) is 4.96. The monoisotopic (exact) mass is 289 g/mol. The second kappa shape index (κ2) is 6.91. The fourth-order valence-electron chi connectivity index (χ4n) is 3.65. The van der Waals surface area contributed by atoms with Crippen molar-refractivity contribution in [1.29, 1.82) is 0 Å². The van der Waals surface area contributed by atoms with Crippen molar-refractivity contribution in [2.45, 2.75) is 51.4 Å². The van der Waals surface area contributed by atoms with Crippen molar-refractivity contribution >= 4 is 0 Å². The van der Waals surface area contributed by atoms with E-state index in [2.05, 4.69) is 36.1 Å². The van der Waals surface area contributed by atoms with Gasteiger partial charge in [-0.1, -0.05) is 37.6 Å². The molecule has 0 bridgehead atoms. The molecule has 2 aliphatic rings. The zero-order valence-electron chi connectivity index (χ0n) is 13.0. The predicted octanol–water partition coefficient (Wildman–Crippen LogP) is 2.61. The fourth-order valence-corrected chi connectivity index (χ4v) is 3.65. The molecule has 0 radical (unpaired) electrons. The molecule has 0 amide bonds. The van der Waals surface area contributed by atoms with Gasteiger partial charge in [-0.25, -0.2) is 0 Å². The summed E-state index contributed by atoms with van der Waals surface area (Å²) in [6.07, 6.45) is 4.77. The summed E-state index contributed by atoms with van der Waals surface area (Å²) in [4.78, 5) is 2.34. The third kappa shape index (κ3) is 3.85. The van der Waals surface area contributed by atoms with E-state index in [-0.39, 0.29) is 6.10 Å². The minimum absolute atomic E-state index is 0.363. The van der Waals surface area contributed by atoms with Crippen LogP contribution in [0.3, 0.4) is 0 Å². The first-order chi connectivity index (χ1) is 10.2. The van der Waals surface area contributed by atoms with Gasteiger partial charge in [0.25, 0.3) is 0 Å². The quantitative estimate of drug-likeness (QED) is 0.904. The number of benzene rings is 1. The maximum Gasteiger partial charge on any atom is 0.0900 e. The van der Waals surface area contributed by atoms with E-state index in [0.717, 1.165) is 32.5 Å². The summed E-state index contributed by atoms with van der Waals surface area (Å²) < 4.78 is 5.91. The summed E-state index contributed by atoms with van der Waals surface area (Å²) in [5.41, 5.74) is 2.86. The minimum atomic E-state index is -0.372. The maximum absolute atomic E-state index is 10.2. The molecule has 3 heteroatoms. The number of hydrogen-bond acceptors (Lipinski definition) is 3. The van der Waals surface area contributed by atoms with Gasteiger partial charge in [0.15, 0.2) is 0 Å². The van der Waals surface area contributed by atoms with E-state index in [4.69, 9.17) is 4.74 Å². The summed E-state index contributed by atoms with van der Waals surface area (Å²) in [7, 11) is 0. The number of aliphatic hydroxyl groups excluding tert-OH is 1. The predicted molar refractivity (Wildman–Crippen MR) is 84.2 cm³/mol. The van der Waals surface area contributed by atoms with Crippen LogP contribution in [0.2, 0.25) is 0 Å². The van der Waals surface area contributed by atoms with Crippen molar-refractivity contribution in [1.82, 2.24) is 4.90 Å². The Morgan fingerprint density at radius 3 is 2.86 bits per heavy atom. The number of hydrogen-bond donors (Lipinski definition) is 1. The first kappa shape index (κ1) is 15.0. The van der Waals surface area contributed by atoms with E-state index in [0.29, 0.717) is 18.6 Å². The number of β-amino-alcohol motifs (C(OH)–C–C–N with tert-alkyl or cyclic N) is 1. The number of rotatable bonds is 5. The Balaban J connectivity index is 1.44. The Kier molecular flexibility index (Phi) is 4.94. The molecule has 1 N–H and O–H groups in total. The van der Waals surface area contributed by atoms with E-state index >= 15 is 0 Å². The largest absolute Gasteiger partial charge is 0.389 e. The van der Waals surface area contributed by atoms with Crippen molar-refractivity contribution in [3.8, 4) is 0 Å². The molecule has 1 heterocycles.